The van der Waals surface area contributed by atoms with Gasteiger partial charge in [0, 0.05) is 22.6 Å². The Morgan fingerprint density at radius 1 is 0.486 bits per heavy atom. The quantitative estimate of drug-likeness (QED) is 0.217. The van der Waals surface area contributed by atoms with E-state index < -0.39 is 0 Å². The summed E-state index contributed by atoms with van der Waals surface area (Å²) in [7, 11) is 0. The van der Waals surface area contributed by atoms with Gasteiger partial charge >= 0.3 is 0 Å². The Bertz CT molecular complexity index is 2060. The number of fused-ring (bicyclic) bond motifs is 9. The Balaban J connectivity index is 1.34. The Morgan fingerprint density at radius 2 is 1.14 bits per heavy atom. The second-order valence-electron chi connectivity index (χ2n) is 10.8. The monoisotopic (exact) mass is 471 g/mol. The SMILES string of the molecule is CC1(C)c2cc(-c3nccc4c3ccc3c5ccccc5ccc43)ccc2-c2cc3ccccc3cc21. The van der Waals surface area contributed by atoms with Crippen molar-refractivity contribution in [3.63, 3.8) is 0 Å². The molecule has 0 aliphatic heterocycles. The number of nitrogens with zero attached hydrogens (tertiary/aromatic N) is 1. The van der Waals surface area contributed by atoms with Gasteiger partial charge in [0.1, 0.15) is 0 Å². The van der Waals surface area contributed by atoms with Crippen molar-refractivity contribution in [1.82, 2.24) is 4.98 Å². The van der Waals surface area contributed by atoms with Crippen LogP contribution in [0, 0.1) is 0 Å². The molecule has 1 heterocycles. The van der Waals surface area contributed by atoms with Crippen molar-refractivity contribution in [3.8, 4) is 22.4 Å². The fourth-order valence-corrected chi connectivity index (χ4v) is 6.55. The van der Waals surface area contributed by atoms with Crippen molar-refractivity contribution in [3.05, 3.63) is 127 Å². The van der Waals surface area contributed by atoms with Gasteiger partial charge in [0.2, 0.25) is 0 Å². The van der Waals surface area contributed by atoms with Gasteiger partial charge in [-0.25, -0.2) is 0 Å². The Kier molecular flexibility index (Phi) is 4.06. The van der Waals surface area contributed by atoms with E-state index in [1.807, 2.05) is 6.20 Å². The van der Waals surface area contributed by atoms with Crippen molar-refractivity contribution in [1.29, 1.82) is 0 Å². The topological polar surface area (TPSA) is 12.9 Å². The lowest BCUT2D eigenvalue weighted by Crippen LogP contribution is -2.15. The van der Waals surface area contributed by atoms with Crippen LogP contribution in [0.3, 0.4) is 0 Å². The van der Waals surface area contributed by atoms with Gasteiger partial charge in [-0.05, 0) is 84.2 Å². The van der Waals surface area contributed by atoms with E-state index >= 15 is 0 Å². The normalized spacial score (nSPS) is 13.9. The van der Waals surface area contributed by atoms with Crippen LogP contribution in [0.1, 0.15) is 25.0 Å². The number of benzene rings is 6. The van der Waals surface area contributed by atoms with Gasteiger partial charge in [-0.15, -0.1) is 0 Å². The van der Waals surface area contributed by atoms with Crippen molar-refractivity contribution >= 4 is 43.1 Å². The molecule has 8 rings (SSSR count). The predicted molar refractivity (Wildman–Crippen MR) is 157 cm³/mol. The van der Waals surface area contributed by atoms with Crippen molar-refractivity contribution < 1.29 is 0 Å². The minimum absolute atomic E-state index is 0.0685. The highest BCUT2D eigenvalue weighted by Gasteiger charge is 2.36. The van der Waals surface area contributed by atoms with E-state index in [9.17, 15) is 0 Å². The molecule has 1 heteroatoms. The summed E-state index contributed by atoms with van der Waals surface area (Å²) < 4.78 is 0. The first-order valence-corrected chi connectivity index (χ1v) is 13.0. The second kappa shape index (κ2) is 7.27. The second-order valence-corrected chi connectivity index (χ2v) is 10.8. The molecule has 0 atom stereocenters. The number of rotatable bonds is 1. The van der Waals surface area contributed by atoms with Crippen LogP contribution in [0.4, 0.5) is 0 Å². The molecule has 1 aliphatic carbocycles. The molecule has 0 fully saturated rings. The zero-order valence-electron chi connectivity index (χ0n) is 20.9. The maximum Gasteiger partial charge on any atom is 0.0780 e. The molecule has 7 aromatic rings. The van der Waals surface area contributed by atoms with Crippen LogP contribution in [-0.2, 0) is 5.41 Å². The molecule has 0 N–H and O–H groups in total. The van der Waals surface area contributed by atoms with Crippen LogP contribution >= 0.6 is 0 Å². The zero-order chi connectivity index (χ0) is 24.7. The van der Waals surface area contributed by atoms with Crippen LogP contribution < -0.4 is 0 Å². The van der Waals surface area contributed by atoms with Gasteiger partial charge < -0.3 is 0 Å². The molecule has 1 aliphatic rings. The standard InChI is InChI=1S/C36H25N/c1-36(2)33-21-25(12-14-30(33)32-19-23-8-3-4-9-24(23)20-34(32)36)35-31-16-15-27-26-10-6-5-7-22(26)11-13-28(27)29(31)17-18-37-35/h3-21H,1-2H3. The van der Waals surface area contributed by atoms with Gasteiger partial charge in [-0.3, -0.25) is 4.98 Å². The van der Waals surface area contributed by atoms with Gasteiger partial charge in [0.25, 0.3) is 0 Å². The molecule has 37 heavy (non-hydrogen) atoms. The van der Waals surface area contributed by atoms with E-state index in [-0.39, 0.29) is 5.41 Å². The molecular formula is C36H25N. The Labute approximate surface area is 216 Å². The highest BCUT2D eigenvalue weighted by atomic mass is 14.7. The average molecular weight is 472 g/mol. The molecule has 0 saturated carbocycles. The van der Waals surface area contributed by atoms with Gasteiger partial charge in [-0.1, -0.05) is 98.8 Å². The van der Waals surface area contributed by atoms with E-state index in [4.69, 9.17) is 4.98 Å². The van der Waals surface area contributed by atoms with Crippen LogP contribution in [0.2, 0.25) is 0 Å². The lowest BCUT2D eigenvalue weighted by molar-refractivity contribution is 0.661. The zero-order valence-corrected chi connectivity index (χ0v) is 20.9. The first kappa shape index (κ1) is 20.7. The smallest absolute Gasteiger partial charge is 0.0780 e. The molecule has 1 nitrogen and oxygen atoms in total. The van der Waals surface area contributed by atoms with Gasteiger partial charge in [0.15, 0.2) is 0 Å². The molecule has 1 aromatic heterocycles. The average Bonchev–Trinajstić information content (AvgIpc) is 3.16. The summed E-state index contributed by atoms with van der Waals surface area (Å²) in [5.41, 5.74) is 7.63. The number of hydrogen-bond donors (Lipinski definition) is 0. The van der Waals surface area contributed by atoms with E-state index in [0.717, 1.165) is 5.69 Å². The van der Waals surface area contributed by atoms with E-state index in [2.05, 4.69) is 123 Å². The molecule has 0 unspecified atom stereocenters. The maximum atomic E-state index is 4.91. The van der Waals surface area contributed by atoms with Crippen molar-refractivity contribution in [2.75, 3.05) is 0 Å². The fourth-order valence-electron chi connectivity index (χ4n) is 6.55. The largest absolute Gasteiger partial charge is 0.256 e. The molecule has 0 saturated heterocycles. The number of aromatic nitrogens is 1. The van der Waals surface area contributed by atoms with Crippen LogP contribution in [0.25, 0.3) is 65.5 Å². The van der Waals surface area contributed by atoms with Crippen LogP contribution in [0.5, 0.6) is 0 Å². The molecule has 6 aromatic carbocycles. The summed E-state index contributed by atoms with van der Waals surface area (Å²) in [6.07, 6.45) is 1.96. The first-order valence-electron chi connectivity index (χ1n) is 13.0. The first-order chi connectivity index (χ1) is 18.1. The summed E-state index contributed by atoms with van der Waals surface area (Å²) >= 11 is 0. The third-order valence-corrected chi connectivity index (χ3v) is 8.48. The minimum Gasteiger partial charge on any atom is -0.256 e. The molecule has 0 bridgehead atoms. The minimum atomic E-state index is -0.0685. The molecular weight excluding hydrogens is 446 g/mol. The van der Waals surface area contributed by atoms with Gasteiger partial charge in [-0.2, -0.15) is 0 Å². The van der Waals surface area contributed by atoms with E-state index in [1.54, 1.807) is 0 Å². The summed E-state index contributed by atoms with van der Waals surface area (Å²) in [6, 6.07) is 40.2. The highest BCUT2D eigenvalue weighted by Crippen LogP contribution is 2.51. The molecule has 0 spiro atoms. The summed E-state index contributed by atoms with van der Waals surface area (Å²) in [4.78, 5) is 4.91. The lowest BCUT2D eigenvalue weighted by Gasteiger charge is -2.22. The maximum absolute atomic E-state index is 4.91. The van der Waals surface area contributed by atoms with Crippen molar-refractivity contribution in [2.24, 2.45) is 0 Å². The summed E-state index contributed by atoms with van der Waals surface area (Å²) in [6.45, 7) is 4.71. The molecule has 0 amide bonds. The van der Waals surface area contributed by atoms with Crippen molar-refractivity contribution in [2.45, 2.75) is 19.3 Å². The lowest BCUT2D eigenvalue weighted by atomic mass is 9.81. The van der Waals surface area contributed by atoms with Crippen LogP contribution in [-0.4, -0.2) is 4.98 Å². The third kappa shape index (κ3) is 2.83. The summed E-state index contributed by atoms with van der Waals surface area (Å²) in [5, 5.41) is 10.2. The van der Waals surface area contributed by atoms with E-state index in [0.29, 0.717) is 0 Å². The number of pyridine rings is 1. The summed E-state index contributed by atoms with van der Waals surface area (Å²) in [5.74, 6) is 0. The molecule has 0 radical (unpaired) electrons. The predicted octanol–water partition coefficient (Wildman–Crippen LogP) is 9.67. The highest BCUT2D eigenvalue weighted by molar-refractivity contribution is 6.19. The Hall–Kier alpha value is -4.49. The molecule has 174 valence electrons. The Morgan fingerprint density at radius 3 is 2.00 bits per heavy atom. The fraction of sp³-hybridized carbons (Fsp3) is 0.0833. The third-order valence-electron chi connectivity index (χ3n) is 8.48. The number of hydrogen-bond acceptors (Lipinski definition) is 1. The van der Waals surface area contributed by atoms with E-state index in [1.165, 1.54) is 70.9 Å². The van der Waals surface area contributed by atoms with Crippen LogP contribution in [0.15, 0.2) is 115 Å². The van der Waals surface area contributed by atoms with Gasteiger partial charge in [0.05, 0.1) is 5.69 Å².